The lowest BCUT2D eigenvalue weighted by atomic mass is 10.0. The van der Waals surface area contributed by atoms with Gasteiger partial charge in [-0.2, -0.15) is 5.26 Å². The van der Waals surface area contributed by atoms with Crippen LogP contribution in [-0.2, 0) is 0 Å². The second kappa shape index (κ2) is 4.86. The first-order valence-corrected chi connectivity index (χ1v) is 6.12. The van der Waals surface area contributed by atoms with Gasteiger partial charge in [-0.05, 0) is 52.4 Å². The first-order valence-electron chi connectivity index (χ1n) is 4.66. The van der Waals surface area contributed by atoms with Crippen LogP contribution in [0.3, 0.4) is 0 Å². The fraction of sp³-hybridized carbons (Fsp3) is 0. The summed E-state index contributed by atoms with van der Waals surface area (Å²) in [7, 11) is 0. The van der Waals surface area contributed by atoms with Crippen molar-refractivity contribution in [1.82, 2.24) is 0 Å². The van der Waals surface area contributed by atoms with E-state index in [-0.39, 0.29) is 0 Å². The van der Waals surface area contributed by atoms with Crippen LogP contribution in [0.4, 0.5) is 0 Å². The summed E-state index contributed by atoms with van der Waals surface area (Å²) < 4.78 is 1.11. The lowest BCUT2D eigenvalue weighted by Gasteiger charge is -2.04. The monoisotopic (exact) mass is 339 g/mol. The van der Waals surface area contributed by atoms with Crippen LogP contribution < -0.4 is 0 Å². The molecule has 2 rings (SSSR count). The summed E-state index contributed by atoms with van der Waals surface area (Å²) in [5.74, 6) is 0. The largest absolute Gasteiger partial charge is 0.192 e. The molecule has 0 radical (unpaired) electrons. The third-order valence-corrected chi connectivity index (χ3v) is 3.24. The molecule has 0 unspecified atom stereocenters. The van der Waals surface area contributed by atoms with Gasteiger partial charge in [0.05, 0.1) is 11.6 Å². The summed E-state index contributed by atoms with van der Waals surface area (Å²) >= 11 is 8.39. The van der Waals surface area contributed by atoms with E-state index >= 15 is 0 Å². The number of halogens is 2. The SMILES string of the molecule is N#Cc1ccc(-c2ccc(I)cc2Cl)cc1. The van der Waals surface area contributed by atoms with Gasteiger partial charge in [-0.25, -0.2) is 0 Å². The highest BCUT2D eigenvalue weighted by molar-refractivity contribution is 14.1. The zero-order valence-electron chi connectivity index (χ0n) is 8.24. The fourth-order valence-electron chi connectivity index (χ4n) is 1.45. The highest BCUT2D eigenvalue weighted by atomic mass is 127. The summed E-state index contributed by atoms with van der Waals surface area (Å²) in [6.45, 7) is 0. The molecule has 0 saturated carbocycles. The Morgan fingerprint density at radius 1 is 1.06 bits per heavy atom. The third kappa shape index (κ3) is 2.37. The van der Waals surface area contributed by atoms with E-state index in [1.807, 2.05) is 30.3 Å². The molecule has 1 nitrogen and oxygen atoms in total. The van der Waals surface area contributed by atoms with Crippen molar-refractivity contribution in [2.75, 3.05) is 0 Å². The Balaban J connectivity index is 2.47. The minimum Gasteiger partial charge on any atom is -0.192 e. The van der Waals surface area contributed by atoms with E-state index in [2.05, 4.69) is 28.7 Å². The lowest BCUT2D eigenvalue weighted by Crippen LogP contribution is -1.81. The van der Waals surface area contributed by atoms with Crippen LogP contribution in [0, 0.1) is 14.9 Å². The van der Waals surface area contributed by atoms with Gasteiger partial charge in [0.1, 0.15) is 0 Å². The number of nitrogens with zero attached hydrogens (tertiary/aromatic N) is 1. The maximum atomic E-state index is 8.71. The van der Waals surface area contributed by atoms with Crippen LogP contribution in [0.5, 0.6) is 0 Å². The van der Waals surface area contributed by atoms with Gasteiger partial charge in [0.15, 0.2) is 0 Å². The highest BCUT2D eigenvalue weighted by Gasteiger charge is 2.03. The molecular weight excluding hydrogens is 333 g/mol. The van der Waals surface area contributed by atoms with Gasteiger partial charge in [-0.15, -0.1) is 0 Å². The Labute approximate surface area is 113 Å². The molecule has 0 aliphatic carbocycles. The molecule has 0 bridgehead atoms. The zero-order chi connectivity index (χ0) is 11.5. The Morgan fingerprint density at radius 2 is 1.75 bits per heavy atom. The topological polar surface area (TPSA) is 23.8 Å². The third-order valence-electron chi connectivity index (χ3n) is 2.26. The minimum atomic E-state index is 0.658. The summed E-state index contributed by atoms with van der Waals surface area (Å²) in [5, 5.41) is 9.45. The van der Waals surface area contributed by atoms with E-state index in [9.17, 15) is 0 Å². The van der Waals surface area contributed by atoms with Crippen molar-refractivity contribution in [2.24, 2.45) is 0 Å². The summed E-state index contributed by atoms with van der Waals surface area (Å²) in [5.41, 5.74) is 2.68. The molecule has 3 heteroatoms. The molecule has 0 fully saturated rings. The second-order valence-electron chi connectivity index (χ2n) is 3.31. The first-order chi connectivity index (χ1) is 7.70. The predicted octanol–water partition coefficient (Wildman–Crippen LogP) is 4.48. The molecule has 0 aromatic heterocycles. The average molecular weight is 340 g/mol. The van der Waals surface area contributed by atoms with Crippen LogP contribution in [-0.4, -0.2) is 0 Å². The van der Waals surface area contributed by atoms with Crippen molar-refractivity contribution in [3.05, 3.63) is 56.6 Å². The van der Waals surface area contributed by atoms with Crippen molar-refractivity contribution < 1.29 is 0 Å². The molecule has 0 spiro atoms. The summed E-state index contributed by atoms with van der Waals surface area (Å²) in [4.78, 5) is 0. The van der Waals surface area contributed by atoms with Gasteiger partial charge in [0, 0.05) is 14.2 Å². The van der Waals surface area contributed by atoms with Crippen molar-refractivity contribution in [3.8, 4) is 17.2 Å². The van der Waals surface area contributed by atoms with Gasteiger partial charge in [-0.3, -0.25) is 0 Å². The molecule has 0 amide bonds. The van der Waals surface area contributed by atoms with Gasteiger partial charge in [-0.1, -0.05) is 29.8 Å². The molecular formula is C13H7ClIN. The standard InChI is InChI=1S/C13H7ClIN/c14-13-7-11(15)5-6-12(13)10-3-1-9(8-16)2-4-10/h1-7H. The Bertz CT molecular complexity index is 555. The Hall–Kier alpha value is -1.05. The molecule has 0 aliphatic rings. The minimum absolute atomic E-state index is 0.658. The van der Waals surface area contributed by atoms with E-state index in [1.54, 1.807) is 12.1 Å². The number of hydrogen-bond donors (Lipinski definition) is 0. The van der Waals surface area contributed by atoms with Gasteiger partial charge in [0.25, 0.3) is 0 Å². The molecule has 78 valence electrons. The normalized spacial score (nSPS) is 9.81. The van der Waals surface area contributed by atoms with Crippen molar-refractivity contribution in [3.63, 3.8) is 0 Å². The molecule has 2 aromatic rings. The lowest BCUT2D eigenvalue weighted by molar-refractivity contribution is 1.48. The molecule has 0 saturated heterocycles. The molecule has 0 aliphatic heterocycles. The average Bonchev–Trinajstić information content (AvgIpc) is 2.29. The molecule has 0 atom stereocenters. The van der Waals surface area contributed by atoms with E-state index in [0.717, 1.165) is 19.7 Å². The Kier molecular flexibility index (Phi) is 3.47. The number of hydrogen-bond acceptors (Lipinski definition) is 1. The number of rotatable bonds is 1. The predicted molar refractivity (Wildman–Crippen MR) is 74.3 cm³/mol. The van der Waals surface area contributed by atoms with Crippen LogP contribution >= 0.6 is 34.2 Å². The van der Waals surface area contributed by atoms with Crippen molar-refractivity contribution in [2.45, 2.75) is 0 Å². The number of benzene rings is 2. The van der Waals surface area contributed by atoms with Crippen molar-refractivity contribution >= 4 is 34.2 Å². The Morgan fingerprint density at radius 3 is 2.31 bits per heavy atom. The number of nitriles is 1. The maximum absolute atomic E-state index is 8.71. The van der Waals surface area contributed by atoms with E-state index < -0.39 is 0 Å². The van der Waals surface area contributed by atoms with Gasteiger partial charge in [0.2, 0.25) is 0 Å². The summed E-state index contributed by atoms with van der Waals surface area (Å²) in [6, 6.07) is 15.4. The zero-order valence-corrected chi connectivity index (χ0v) is 11.2. The van der Waals surface area contributed by atoms with E-state index in [1.165, 1.54) is 0 Å². The first kappa shape index (κ1) is 11.4. The smallest absolute Gasteiger partial charge is 0.0991 e. The molecule has 0 N–H and O–H groups in total. The van der Waals surface area contributed by atoms with E-state index in [0.29, 0.717) is 5.56 Å². The van der Waals surface area contributed by atoms with Gasteiger partial charge >= 0.3 is 0 Å². The summed E-state index contributed by atoms with van der Waals surface area (Å²) in [6.07, 6.45) is 0. The quantitative estimate of drug-likeness (QED) is 0.703. The fourth-order valence-corrected chi connectivity index (χ4v) is 2.41. The highest BCUT2D eigenvalue weighted by Crippen LogP contribution is 2.29. The second-order valence-corrected chi connectivity index (χ2v) is 4.97. The molecule has 16 heavy (non-hydrogen) atoms. The van der Waals surface area contributed by atoms with Crippen LogP contribution in [0.15, 0.2) is 42.5 Å². The van der Waals surface area contributed by atoms with Crippen molar-refractivity contribution in [1.29, 1.82) is 5.26 Å². The van der Waals surface area contributed by atoms with Crippen LogP contribution in [0.25, 0.3) is 11.1 Å². The van der Waals surface area contributed by atoms with E-state index in [4.69, 9.17) is 16.9 Å². The van der Waals surface area contributed by atoms with Crippen LogP contribution in [0.1, 0.15) is 5.56 Å². The van der Waals surface area contributed by atoms with Crippen LogP contribution in [0.2, 0.25) is 5.02 Å². The molecule has 0 heterocycles. The molecule has 2 aromatic carbocycles. The maximum Gasteiger partial charge on any atom is 0.0991 e. The van der Waals surface area contributed by atoms with Gasteiger partial charge < -0.3 is 0 Å².